The molecule has 2 aliphatic heterocycles. The largest absolute Gasteiger partial charge is 0.399 e. The number of halogens is 2. The number of pyridine rings is 2. The number of piperidine rings is 2. The van der Waals surface area contributed by atoms with Gasteiger partial charge in [0.25, 0.3) is 22.5 Å². The fourth-order valence-electron chi connectivity index (χ4n) is 40.3. The minimum absolute atomic E-state index is 0. The van der Waals surface area contributed by atoms with Gasteiger partial charge in [0.15, 0.2) is 0 Å². The van der Waals surface area contributed by atoms with Crippen molar-refractivity contribution in [2.45, 2.75) is 200 Å². The Bertz CT molecular complexity index is 6770. The fraction of sp³-hybridized carbons (Fsp3) is 0.604. The standard InChI is InChI=1S/C55H58BrN5O5.C55H62BrN5O.CH4/c56-43-19-18-39-49-38(43)8-3-9-40(49)55(62)59-46-21-29(60(63)64)20-41-42(45(61(65)66)22-44(53(41)46)57-54(39)59)25-58-23-27-10-12-32-36-16-14-34-30-6-1-4-26-5-2-7-31(48(26)30)35-15-17-37(52(36)51(34)35)33-13-11-28(24-58)47(27)50(32)33;56-43-19-18-39-49-38(43)8-3-9-40(49)55(62)61-46-21-29(57)20-41-42(44(58)22-45(53(41)46)59-54(39)61)25-60-23-27-10-12-32-36-16-14-34-30-6-1-4-26-5-2-7-31(48(26)30)35-15-17-37(52(36)51(34)35)33-13-11-28(24-60)47(27)50(32)33;/h3,8-9,18-22,26-28,30-37,47-48,50-52H,1-2,4-7,10-17,23-25H2;3,8-9,18-22,26-28,30-37,47-48,50-52H,1-2,4-7,10-17,23-25,57-58H2;1H4. The monoisotopic (exact) mass is 1850 g/mol. The van der Waals surface area contributed by atoms with E-state index in [0.717, 1.165) is 266 Å². The molecular weight excluding hydrogens is 1730 g/mol. The summed E-state index contributed by atoms with van der Waals surface area (Å²) in [6.07, 6.45) is 41.9. The number of benzene rings is 8. The van der Waals surface area contributed by atoms with Crippen LogP contribution in [0.2, 0.25) is 0 Å². The highest BCUT2D eigenvalue weighted by atomic mass is 79.9. The fourth-order valence-corrected chi connectivity index (χ4v) is 41.2. The van der Waals surface area contributed by atoms with Gasteiger partial charge in [-0.1, -0.05) is 115 Å². The second-order valence-corrected chi connectivity index (χ2v) is 48.4. The van der Waals surface area contributed by atoms with Gasteiger partial charge < -0.3 is 11.5 Å². The van der Waals surface area contributed by atoms with E-state index in [1.807, 2.05) is 46.9 Å². The Morgan fingerprint density at radius 2 is 0.690 bits per heavy atom. The number of fused-ring (bicyclic) bond motifs is 14. The van der Waals surface area contributed by atoms with Crippen molar-refractivity contribution in [2.24, 2.45) is 189 Å². The van der Waals surface area contributed by atoms with Crippen molar-refractivity contribution < 1.29 is 9.85 Å². The zero-order chi connectivity index (χ0) is 84.9. The van der Waals surface area contributed by atoms with Crippen molar-refractivity contribution in [3.05, 3.63) is 158 Å². The molecule has 18 aliphatic rings. The molecule has 20 unspecified atom stereocenters. The number of nitro benzene ring substituents is 2. The van der Waals surface area contributed by atoms with Gasteiger partial charge in [-0.15, -0.1) is 0 Å². The summed E-state index contributed by atoms with van der Waals surface area (Å²) in [6.45, 7) is 5.38. The van der Waals surface area contributed by atoms with E-state index >= 15 is 0 Å². The first-order valence-corrected chi connectivity index (χ1v) is 53.0. The van der Waals surface area contributed by atoms with Crippen molar-refractivity contribution in [3.63, 3.8) is 0 Å². The molecule has 0 bridgehead atoms. The molecule has 0 amide bonds. The summed E-state index contributed by atoms with van der Waals surface area (Å²) in [5, 5.41) is 35.4. The number of likely N-dealkylation sites (tertiary alicyclic amines) is 2. The van der Waals surface area contributed by atoms with Crippen LogP contribution in [0.3, 0.4) is 0 Å². The van der Waals surface area contributed by atoms with Gasteiger partial charge in [0.05, 0.1) is 37.5 Å². The van der Waals surface area contributed by atoms with Crippen LogP contribution >= 0.6 is 31.9 Å². The van der Waals surface area contributed by atoms with E-state index in [0.29, 0.717) is 78.9 Å². The van der Waals surface area contributed by atoms with Crippen LogP contribution in [-0.4, -0.2) is 64.6 Å². The third-order valence-corrected chi connectivity index (χ3v) is 44.5. The van der Waals surface area contributed by atoms with Gasteiger partial charge in [-0.2, -0.15) is 0 Å². The summed E-state index contributed by atoms with van der Waals surface area (Å²) in [5.41, 5.74) is 19.8. The molecule has 8 aromatic carbocycles. The van der Waals surface area contributed by atoms with Crippen LogP contribution in [-0.2, 0) is 13.1 Å². The van der Waals surface area contributed by atoms with Crippen LogP contribution < -0.4 is 22.6 Å². The first-order valence-electron chi connectivity index (χ1n) is 51.4. The molecule has 12 aromatic rings. The van der Waals surface area contributed by atoms with Crippen molar-refractivity contribution >= 4 is 153 Å². The molecule has 129 heavy (non-hydrogen) atoms. The highest BCUT2D eigenvalue weighted by Gasteiger charge is 2.70. The maximum absolute atomic E-state index is 14.6. The smallest absolute Gasteiger partial charge is 0.276 e. The zero-order valence-electron chi connectivity index (χ0n) is 73.7. The molecule has 18 fully saturated rings. The van der Waals surface area contributed by atoms with Crippen LogP contribution in [0.4, 0.5) is 22.7 Å². The van der Waals surface area contributed by atoms with Gasteiger partial charge in [0.2, 0.25) is 0 Å². The average Bonchev–Trinajstić information content (AvgIpc) is 0.686. The Balaban J connectivity index is 0.000000129. The molecule has 0 radical (unpaired) electrons. The summed E-state index contributed by atoms with van der Waals surface area (Å²) >= 11 is 7.38. The van der Waals surface area contributed by atoms with E-state index in [-0.39, 0.29) is 34.8 Å². The van der Waals surface area contributed by atoms with Crippen molar-refractivity contribution in [3.8, 4) is 0 Å². The number of hydrogen-bond acceptors (Lipinski definition) is 12. The number of nitrogens with two attached hydrogens (primary N) is 2. The number of nitrogens with zero attached hydrogens (tertiary/aromatic N) is 8. The highest BCUT2D eigenvalue weighted by Crippen LogP contribution is 2.76. The Morgan fingerprint density at radius 1 is 0.341 bits per heavy atom. The third-order valence-electron chi connectivity index (χ3n) is 43.1. The van der Waals surface area contributed by atoms with Gasteiger partial charge in [-0.05, 0) is 394 Å². The molecule has 0 spiro atoms. The predicted octanol–water partition coefficient (Wildman–Crippen LogP) is 25.1. The van der Waals surface area contributed by atoms with Crippen LogP contribution in [0.25, 0.3) is 98.0 Å². The van der Waals surface area contributed by atoms with Crippen LogP contribution in [0, 0.1) is 210 Å². The highest BCUT2D eigenvalue weighted by molar-refractivity contribution is 9.11. The summed E-state index contributed by atoms with van der Waals surface area (Å²) < 4.78 is 5.13. The quantitative estimate of drug-likeness (QED) is 0.0523. The topological polar surface area (TPSA) is 214 Å². The van der Waals surface area contributed by atoms with Gasteiger partial charge in [0.1, 0.15) is 11.3 Å². The molecule has 18 heteroatoms. The zero-order valence-corrected chi connectivity index (χ0v) is 76.9. The van der Waals surface area contributed by atoms with Crippen molar-refractivity contribution in [1.29, 1.82) is 0 Å². The molecule has 2 saturated heterocycles. The SMILES string of the molecule is C.Nc1cc2c(CN3CC4CCC5C6CCC7C8CCCC9CCCC(C%10CCC(C%11CCC(C3)C4C5%11)C6C7%10)C98)c(N)cc3nc4c5ccc(Br)c6cccc(c(=O)n4c(c1)c32)c65.O=c1c2cccc3c(Br)ccc(c32)c2nc3cc([N+](=O)[O-])c(CN4CC5CCC6C7CCC8C9CCCC%10CCCC(C%11CCC(C%12CCC(C4)C5C6%12)C7C8%11)C%109)c4cc([N+](=O)[O-])cc(c34)n12. The van der Waals surface area contributed by atoms with Gasteiger partial charge in [-0.25, -0.2) is 9.97 Å². The Hall–Kier alpha value is -7.64. The second-order valence-electron chi connectivity index (χ2n) is 46.7. The number of nitro groups is 2. The van der Waals surface area contributed by atoms with Crippen molar-refractivity contribution in [1.82, 2.24) is 28.6 Å². The van der Waals surface area contributed by atoms with E-state index in [1.54, 1.807) is 76.3 Å². The van der Waals surface area contributed by atoms with E-state index < -0.39 is 4.92 Å². The van der Waals surface area contributed by atoms with Crippen LogP contribution in [0.1, 0.15) is 198 Å². The van der Waals surface area contributed by atoms with Gasteiger partial charge >= 0.3 is 0 Å². The molecule has 16 saturated carbocycles. The number of non-ortho nitro benzene ring substituents is 1. The lowest BCUT2D eigenvalue weighted by Gasteiger charge is -2.71. The lowest BCUT2D eigenvalue weighted by atomic mass is 9.34. The van der Waals surface area contributed by atoms with Gasteiger partial charge in [-0.3, -0.25) is 48.4 Å². The molecule has 4 N–H and O–H groups in total. The number of aromatic nitrogens is 4. The van der Waals surface area contributed by atoms with Crippen LogP contribution in [0.15, 0.2) is 116 Å². The maximum atomic E-state index is 14.6. The van der Waals surface area contributed by atoms with E-state index in [2.05, 4.69) is 72.0 Å². The lowest BCUT2D eigenvalue weighted by Crippen LogP contribution is -2.66. The molecule has 16 aliphatic carbocycles. The second kappa shape index (κ2) is 29.2. The van der Waals surface area contributed by atoms with Crippen LogP contribution in [0.5, 0.6) is 0 Å². The third kappa shape index (κ3) is 11.1. The number of rotatable bonds is 6. The van der Waals surface area contributed by atoms with E-state index in [1.165, 1.54) is 145 Å². The minimum atomic E-state index is -0.438. The summed E-state index contributed by atoms with van der Waals surface area (Å²) in [6, 6.07) is 30.2. The molecule has 6 heterocycles. The minimum Gasteiger partial charge on any atom is -0.399 e. The molecular formula is C111H124Br2N10O6. The van der Waals surface area contributed by atoms with E-state index in [4.69, 9.17) is 21.4 Å². The number of hydrogen-bond donors (Lipinski definition) is 2. The Labute approximate surface area is 771 Å². The normalized spacial score (nSPS) is 39.5. The summed E-state index contributed by atoms with van der Waals surface area (Å²) in [4.78, 5) is 69.9. The Morgan fingerprint density at radius 3 is 1.09 bits per heavy atom. The van der Waals surface area contributed by atoms with Crippen molar-refractivity contribution in [2.75, 3.05) is 37.6 Å². The van der Waals surface area contributed by atoms with Gasteiger partial charge in [0, 0.05) is 126 Å². The lowest BCUT2D eigenvalue weighted by molar-refractivity contribution is -0.385. The number of nitrogen functional groups attached to an aromatic ring is 2. The Kier molecular flexibility index (Phi) is 18.1. The molecule has 4 aromatic heterocycles. The molecule has 16 nitrogen and oxygen atoms in total. The number of anilines is 2. The maximum Gasteiger partial charge on any atom is 0.276 e. The summed E-state index contributed by atoms with van der Waals surface area (Å²) in [7, 11) is 0. The molecule has 668 valence electrons. The summed E-state index contributed by atoms with van der Waals surface area (Å²) in [5.74, 6) is 30.8. The van der Waals surface area contributed by atoms with E-state index in [9.17, 15) is 29.8 Å². The first-order chi connectivity index (χ1) is 62.6. The first kappa shape index (κ1) is 79.9. The molecule has 30 rings (SSSR count). The predicted molar refractivity (Wildman–Crippen MR) is 521 cm³/mol. The molecule has 20 atom stereocenters. The average molecular weight is 1850 g/mol.